The molecule has 118 valence electrons. The normalized spacial score (nSPS) is 24.5. The third kappa shape index (κ3) is 2.92. The summed E-state index contributed by atoms with van der Waals surface area (Å²) in [5.41, 5.74) is 0.855. The molecule has 22 heavy (non-hydrogen) atoms. The Morgan fingerprint density at radius 2 is 2.09 bits per heavy atom. The van der Waals surface area contributed by atoms with E-state index >= 15 is 0 Å². The van der Waals surface area contributed by atoms with Crippen LogP contribution in [0.3, 0.4) is 0 Å². The first-order valence-corrected chi connectivity index (χ1v) is 7.51. The van der Waals surface area contributed by atoms with Crippen LogP contribution in [-0.4, -0.2) is 37.5 Å². The van der Waals surface area contributed by atoms with Gasteiger partial charge in [0.15, 0.2) is 0 Å². The summed E-state index contributed by atoms with van der Waals surface area (Å²) in [7, 11) is 1.41. The van der Waals surface area contributed by atoms with E-state index < -0.39 is 0 Å². The number of esters is 1. The van der Waals surface area contributed by atoms with Crippen molar-refractivity contribution in [3.05, 3.63) is 46.4 Å². The lowest BCUT2D eigenvalue weighted by Gasteiger charge is -2.29. The zero-order valence-corrected chi connectivity index (χ0v) is 12.6. The van der Waals surface area contributed by atoms with Crippen molar-refractivity contribution in [3.8, 4) is 0 Å². The molecule has 0 aromatic carbocycles. The molecular weight excluding hydrogens is 284 g/mol. The molecule has 2 aliphatic rings. The summed E-state index contributed by atoms with van der Waals surface area (Å²) in [6, 6.07) is 3.34. The highest BCUT2D eigenvalue weighted by Crippen LogP contribution is 2.31. The average molecular weight is 304 g/mol. The maximum absolute atomic E-state index is 12.0. The van der Waals surface area contributed by atoms with Crippen LogP contribution in [-0.2, 0) is 14.3 Å². The number of aromatic nitrogens is 1. The van der Waals surface area contributed by atoms with E-state index in [0.717, 1.165) is 18.7 Å². The summed E-state index contributed by atoms with van der Waals surface area (Å²) in [4.78, 5) is 23.8. The van der Waals surface area contributed by atoms with Crippen LogP contribution in [0.5, 0.6) is 0 Å². The molecule has 3 rings (SSSR count). The molecule has 6 heteroatoms. The van der Waals surface area contributed by atoms with E-state index in [1.165, 1.54) is 7.11 Å². The van der Waals surface area contributed by atoms with E-state index in [4.69, 9.17) is 9.47 Å². The quantitative estimate of drug-likeness (QED) is 0.616. The first-order chi connectivity index (χ1) is 10.7. The molecule has 0 unspecified atom stereocenters. The van der Waals surface area contributed by atoms with Gasteiger partial charge in [-0.1, -0.05) is 12.2 Å². The summed E-state index contributed by atoms with van der Waals surface area (Å²) in [6.07, 6.45) is 6.97. The Morgan fingerprint density at radius 1 is 1.32 bits per heavy atom. The first kappa shape index (κ1) is 14.8. The first-order valence-electron chi connectivity index (χ1n) is 7.51. The highest BCUT2D eigenvalue weighted by atomic mass is 16.5. The Hall–Kier alpha value is -2.08. The second-order valence-corrected chi connectivity index (χ2v) is 5.59. The Labute approximate surface area is 128 Å². The molecule has 2 aliphatic heterocycles. The van der Waals surface area contributed by atoms with Crippen molar-refractivity contribution in [1.82, 2.24) is 4.68 Å². The lowest BCUT2D eigenvalue weighted by molar-refractivity contribution is -0.150. The van der Waals surface area contributed by atoms with Gasteiger partial charge in [-0.2, -0.15) is 0 Å². The molecule has 0 bridgehead atoms. The van der Waals surface area contributed by atoms with Crippen LogP contribution < -0.4 is 10.6 Å². The summed E-state index contributed by atoms with van der Waals surface area (Å²) in [5.74, 6) is -0.331. The molecule has 2 atom stereocenters. The van der Waals surface area contributed by atoms with Crippen LogP contribution in [0.1, 0.15) is 24.5 Å². The van der Waals surface area contributed by atoms with Crippen LogP contribution in [0, 0.1) is 5.92 Å². The fourth-order valence-electron chi connectivity index (χ4n) is 2.96. The van der Waals surface area contributed by atoms with Crippen LogP contribution in [0.2, 0.25) is 0 Å². The van der Waals surface area contributed by atoms with E-state index in [0.29, 0.717) is 19.4 Å². The van der Waals surface area contributed by atoms with Gasteiger partial charge in [0, 0.05) is 18.9 Å². The van der Waals surface area contributed by atoms with E-state index in [1.807, 2.05) is 23.4 Å². The Morgan fingerprint density at radius 3 is 2.82 bits per heavy atom. The zero-order chi connectivity index (χ0) is 15.5. The Kier molecular flexibility index (Phi) is 4.29. The van der Waals surface area contributed by atoms with E-state index in [-0.39, 0.29) is 23.6 Å². The van der Waals surface area contributed by atoms with Gasteiger partial charge in [0.25, 0.3) is 5.56 Å². The number of methoxy groups -OCH3 is 1. The molecule has 0 saturated carbocycles. The average Bonchev–Trinajstić information content (AvgIpc) is 3.09. The second-order valence-electron chi connectivity index (χ2n) is 5.59. The number of carbonyl (C=O) groups excluding carboxylic acids is 1. The molecule has 0 radical (unpaired) electrons. The molecule has 0 amide bonds. The van der Waals surface area contributed by atoms with Gasteiger partial charge < -0.3 is 14.5 Å². The van der Waals surface area contributed by atoms with Gasteiger partial charge in [-0.3, -0.25) is 9.59 Å². The molecule has 1 saturated heterocycles. The number of carbonyl (C=O) groups is 1. The monoisotopic (exact) mass is 304 g/mol. The van der Waals surface area contributed by atoms with E-state index in [2.05, 4.69) is 0 Å². The number of hydrogen-bond acceptors (Lipinski definition) is 5. The predicted molar refractivity (Wildman–Crippen MR) is 81.2 cm³/mol. The second kappa shape index (κ2) is 6.36. The van der Waals surface area contributed by atoms with Gasteiger partial charge in [0.05, 0.1) is 32.2 Å². The van der Waals surface area contributed by atoms with E-state index in [9.17, 15) is 9.59 Å². The van der Waals surface area contributed by atoms with Crippen LogP contribution in [0.25, 0.3) is 0 Å². The van der Waals surface area contributed by atoms with Crippen LogP contribution in [0.15, 0.2) is 35.3 Å². The van der Waals surface area contributed by atoms with Crippen LogP contribution >= 0.6 is 0 Å². The third-order valence-corrected chi connectivity index (χ3v) is 4.21. The Balaban J connectivity index is 1.80. The molecule has 0 N–H and O–H groups in total. The minimum Gasteiger partial charge on any atom is -0.469 e. The van der Waals surface area contributed by atoms with Crippen molar-refractivity contribution in [2.45, 2.75) is 18.9 Å². The minimum atomic E-state index is -0.189. The molecule has 1 fully saturated rings. The predicted octanol–water partition coefficient (Wildman–Crippen LogP) is 0.997. The van der Waals surface area contributed by atoms with Crippen molar-refractivity contribution < 1.29 is 14.3 Å². The van der Waals surface area contributed by atoms with Crippen molar-refractivity contribution in [2.75, 3.05) is 31.8 Å². The van der Waals surface area contributed by atoms with Crippen LogP contribution in [0.4, 0.5) is 0 Å². The van der Waals surface area contributed by atoms with Gasteiger partial charge in [-0.25, -0.2) is 4.68 Å². The minimum absolute atomic E-state index is 0.0622. The van der Waals surface area contributed by atoms with Crippen molar-refractivity contribution in [3.63, 3.8) is 0 Å². The molecule has 0 aliphatic carbocycles. The zero-order valence-electron chi connectivity index (χ0n) is 12.6. The SMILES string of the molecule is COC(=O)[C@H]1CCO[C@@H](c2ccc(=O)n(N3CC=CC3)c2)C1. The molecule has 1 aromatic rings. The van der Waals surface area contributed by atoms with E-state index in [1.54, 1.807) is 16.8 Å². The summed E-state index contributed by atoms with van der Waals surface area (Å²) < 4.78 is 12.2. The van der Waals surface area contributed by atoms with Crippen molar-refractivity contribution >= 4 is 5.97 Å². The number of hydrogen-bond donors (Lipinski definition) is 0. The highest BCUT2D eigenvalue weighted by Gasteiger charge is 2.30. The van der Waals surface area contributed by atoms with Gasteiger partial charge >= 0.3 is 5.97 Å². The molecule has 0 spiro atoms. The maximum atomic E-state index is 12.0. The van der Waals surface area contributed by atoms with Gasteiger partial charge in [-0.15, -0.1) is 0 Å². The number of nitrogens with zero attached hydrogens (tertiary/aromatic N) is 2. The Bertz CT molecular complexity index is 629. The maximum Gasteiger partial charge on any atom is 0.308 e. The molecule has 1 aromatic heterocycles. The fraction of sp³-hybridized carbons (Fsp3) is 0.500. The van der Waals surface area contributed by atoms with Gasteiger partial charge in [0.2, 0.25) is 0 Å². The molecular formula is C16H20N2O4. The number of rotatable bonds is 3. The standard InChI is InChI=1S/C16H20N2O4/c1-21-16(20)12-6-9-22-14(10-12)13-4-5-15(19)18(11-13)17-7-2-3-8-17/h2-5,11-12,14H,6-10H2,1H3/t12-,14+/m0/s1. The lowest BCUT2D eigenvalue weighted by Crippen LogP contribution is -2.40. The summed E-state index contributed by atoms with van der Waals surface area (Å²) in [6.45, 7) is 1.97. The smallest absolute Gasteiger partial charge is 0.308 e. The lowest BCUT2D eigenvalue weighted by atomic mass is 9.92. The third-order valence-electron chi connectivity index (χ3n) is 4.21. The largest absolute Gasteiger partial charge is 0.469 e. The van der Waals surface area contributed by atoms with Crippen molar-refractivity contribution in [2.24, 2.45) is 5.92 Å². The van der Waals surface area contributed by atoms with Gasteiger partial charge in [-0.05, 0) is 24.5 Å². The van der Waals surface area contributed by atoms with Crippen molar-refractivity contribution in [1.29, 1.82) is 0 Å². The fourth-order valence-corrected chi connectivity index (χ4v) is 2.96. The highest BCUT2D eigenvalue weighted by molar-refractivity contribution is 5.72. The number of ether oxygens (including phenoxy) is 2. The molecule has 6 nitrogen and oxygen atoms in total. The van der Waals surface area contributed by atoms with Gasteiger partial charge in [0.1, 0.15) is 0 Å². The summed E-state index contributed by atoms with van der Waals surface area (Å²) in [5, 5.41) is 1.95. The molecule has 3 heterocycles. The number of pyridine rings is 1. The summed E-state index contributed by atoms with van der Waals surface area (Å²) >= 11 is 0. The topological polar surface area (TPSA) is 60.8 Å².